The summed E-state index contributed by atoms with van der Waals surface area (Å²) in [6.45, 7) is 1.47. The van der Waals surface area contributed by atoms with E-state index in [1.165, 1.54) is 31.2 Å². The lowest BCUT2D eigenvalue weighted by atomic mass is 10.2. The molecule has 0 saturated carbocycles. The minimum Gasteiger partial charge on any atom is -0.479 e. The van der Waals surface area contributed by atoms with Crippen LogP contribution >= 0.6 is 11.8 Å². The quantitative estimate of drug-likeness (QED) is 0.351. The number of hydrogen-bond donors (Lipinski definition) is 1. The third-order valence-electron chi connectivity index (χ3n) is 3.52. The lowest BCUT2D eigenvalue weighted by Gasteiger charge is -2.10. The van der Waals surface area contributed by atoms with Gasteiger partial charge in [-0.1, -0.05) is 11.8 Å². The van der Waals surface area contributed by atoms with Gasteiger partial charge in [0.15, 0.2) is 6.10 Å². The predicted octanol–water partition coefficient (Wildman–Crippen LogP) is 5.36. The van der Waals surface area contributed by atoms with Gasteiger partial charge in [0.25, 0.3) is 0 Å². The van der Waals surface area contributed by atoms with Crippen LogP contribution in [-0.4, -0.2) is 29.3 Å². The average Bonchev–Trinajstić information content (AvgIpc) is 2.66. The Hall–Kier alpha value is -2.79. The number of aliphatic carboxylic acids is 1. The highest BCUT2D eigenvalue weighted by Gasteiger charge is 2.30. The lowest BCUT2D eigenvalue weighted by Crippen LogP contribution is -2.22. The Kier molecular flexibility index (Phi) is 8.28. The van der Waals surface area contributed by atoms with Gasteiger partial charge < -0.3 is 14.6 Å². The van der Waals surface area contributed by atoms with E-state index in [-0.39, 0.29) is 5.75 Å². The topological polar surface area (TPSA) is 55.8 Å². The van der Waals surface area contributed by atoms with Crippen molar-refractivity contribution < 1.29 is 32.5 Å². The molecule has 2 rings (SSSR count). The summed E-state index contributed by atoms with van der Waals surface area (Å²) in [4.78, 5) is 11.8. The second-order valence-corrected chi connectivity index (χ2v) is 7.06. The summed E-state index contributed by atoms with van der Waals surface area (Å²) in [5.74, 6) is 5.96. The molecule has 0 aliphatic heterocycles. The number of hydrogen-bond acceptors (Lipinski definition) is 4. The van der Waals surface area contributed by atoms with E-state index in [1.807, 2.05) is 12.1 Å². The van der Waals surface area contributed by atoms with Gasteiger partial charge in [0, 0.05) is 16.9 Å². The molecule has 0 spiro atoms. The first-order chi connectivity index (χ1) is 13.7. The van der Waals surface area contributed by atoms with Crippen molar-refractivity contribution >= 4 is 17.7 Å². The number of carbonyl (C=O) groups is 1. The largest absolute Gasteiger partial charge is 0.573 e. The molecule has 0 aliphatic rings. The van der Waals surface area contributed by atoms with Gasteiger partial charge in [-0.3, -0.25) is 0 Å². The Morgan fingerprint density at radius 3 is 2.31 bits per heavy atom. The maximum Gasteiger partial charge on any atom is 0.573 e. The second-order valence-electron chi connectivity index (χ2n) is 5.90. The highest BCUT2D eigenvalue weighted by Crippen LogP contribution is 2.24. The minimum atomic E-state index is -4.70. The van der Waals surface area contributed by atoms with Crippen LogP contribution in [-0.2, 0) is 4.79 Å². The molecule has 4 nitrogen and oxygen atoms in total. The first-order valence-corrected chi connectivity index (χ1v) is 9.68. The van der Waals surface area contributed by atoms with E-state index in [1.54, 1.807) is 23.9 Å². The molecule has 0 bridgehead atoms. The fraction of sp³-hybridized carbons (Fsp3) is 0.286. The van der Waals surface area contributed by atoms with Crippen LogP contribution in [0.15, 0.2) is 53.4 Å². The van der Waals surface area contributed by atoms with Crippen molar-refractivity contribution in [3.8, 4) is 23.3 Å². The molecule has 0 saturated heterocycles. The van der Waals surface area contributed by atoms with E-state index in [0.29, 0.717) is 17.7 Å². The van der Waals surface area contributed by atoms with Crippen molar-refractivity contribution in [3.05, 3.63) is 54.1 Å². The van der Waals surface area contributed by atoms with E-state index >= 15 is 0 Å². The van der Waals surface area contributed by atoms with Crippen molar-refractivity contribution in [1.82, 2.24) is 0 Å². The fourth-order valence-corrected chi connectivity index (χ4v) is 2.98. The van der Waals surface area contributed by atoms with E-state index in [0.717, 1.165) is 17.1 Å². The highest BCUT2D eigenvalue weighted by molar-refractivity contribution is 7.99. The summed E-state index contributed by atoms with van der Waals surface area (Å²) < 4.78 is 45.4. The van der Waals surface area contributed by atoms with E-state index in [9.17, 15) is 18.0 Å². The van der Waals surface area contributed by atoms with E-state index < -0.39 is 18.4 Å². The number of carboxylic acids is 1. The zero-order chi connectivity index (χ0) is 21.3. The number of benzene rings is 2. The maximum atomic E-state index is 12.1. The van der Waals surface area contributed by atoms with Crippen molar-refractivity contribution in [2.75, 3.05) is 5.75 Å². The second kappa shape index (κ2) is 10.7. The van der Waals surface area contributed by atoms with Gasteiger partial charge in [-0.2, -0.15) is 0 Å². The van der Waals surface area contributed by atoms with Crippen LogP contribution in [0.25, 0.3) is 0 Å². The van der Waals surface area contributed by atoms with Gasteiger partial charge in [0.1, 0.15) is 11.5 Å². The van der Waals surface area contributed by atoms with Crippen LogP contribution in [0.5, 0.6) is 11.5 Å². The molecule has 0 amide bonds. The average molecular weight is 424 g/mol. The zero-order valence-corrected chi connectivity index (χ0v) is 16.3. The molecule has 154 valence electrons. The van der Waals surface area contributed by atoms with Gasteiger partial charge in [-0.05, 0) is 67.6 Å². The van der Waals surface area contributed by atoms with Crippen LogP contribution in [0.2, 0.25) is 0 Å². The monoisotopic (exact) mass is 424 g/mol. The maximum absolute atomic E-state index is 12.1. The summed E-state index contributed by atoms with van der Waals surface area (Å²) in [7, 11) is 0. The van der Waals surface area contributed by atoms with E-state index in [4.69, 9.17) is 9.84 Å². The molecular formula is C21H19F3O4S. The molecule has 1 atom stereocenters. The molecule has 0 fully saturated rings. The van der Waals surface area contributed by atoms with Crippen LogP contribution in [0.3, 0.4) is 0 Å². The van der Waals surface area contributed by atoms with Gasteiger partial charge in [0.2, 0.25) is 0 Å². The summed E-state index contributed by atoms with van der Waals surface area (Å²) in [5.41, 5.74) is 0.623. The van der Waals surface area contributed by atoms with Crippen molar-refractivity contribution in [2.45, 2.75) is 37.1 Å². The third-order valence-corrected chi connectivity index (χ3v) is 4.62. The molecule has 8 heteroatoms. The molecule has 2 aromatic rings. The van der Waals surface area contributed by atoms with E-state index in [2.05, 4.69) is 16.6 Å². The lowest BCUT2D eigenvalue weighted by molar-refractivity contribution is -0.274. The van der Waals surface area contributed by atoms with Crippen LogP contribution in [0, 0.1) is 11.8 Å². The molecule has 2 aromatic carbocycles. The summed E-state index contributed by atoms with van der Waals surface area (Å²) in [5, 5.41) is 8.82. The number of carboxylic acid groups (broad SMARTS) is 1. The van der Waals surface area contributed by atoms with Gasteiger partial charge >= 0.3 is 12.3 Å². The molecule has 0 heterocycles. The first kappa shape index (κ1) is 22.5. The van der Waals surface area contributed by atoms with Crippen molar-refractivity contribution in [1.29, 1.82) is 0 Å². The number of halogens is 3. The molecule has 0 aliphatic carbocycles. The Bertz CT molecular complexity index is 853. The SMILES string of the molecule is CC(Oc1ccc(SCCCC#Cc2ccc(OC(F)(F)F)cc2)cc1)C(=O)O. The van der Waals surface area contributed by atoms with Crippen LogP contribution < -0.4 is 9.47 Å². The van der Waals surface area contributed by atoms with Crippen LogP contribution in [0.4, 0.5) is 13.2 Å². The molecule has 1 unspecified atom stereocenters. The molecule has 1 N–H and O–H groups in total. The zero-order valence-electron chi connectivity index (χ0n) is 15.5. The minimum absolute atomic E-state index is 0.270. The first-order valence-electron chi connectivity index (χ1n) is 8.70. The highest BCUT2D eigenvalue weighted by atomic mass is 32.2. The van der Waals surface area contributed by atoms with Crippen molar-refractivity contribution in [3.63, 3.8) is 0 Å². The predicted molar refractivity (Wildman–Crippen MR) is 104 cm³/mol. The van der Waals surface area contributed by atoms with Crippen LogP contribution in [0.1, 0.15) is 25.3 Å². The normalized spacial score (nSPS) is 11.9. The number of thioether (sulfide) groups is 1. The summed E-state index contributed by atoms with van der Waals surface area (Å²) >= 11 is 1.65. The van der Waals surface area contributed by atoms with Gasteiger partial charge in [-0.25, -0.2) is 4.79 Å². The molecule has 0 radical (unpaired) electrons. The Balaban J connectivity index is 1.70. The van der Waals surface area contributed by atoms with Crippen molar-refractivity contribution in [2.24, 2.45) is 0 Å². The third kappa shape index (κ3) is 8.83. The Morgan fingerprint density at radius 1 is 1.10 bits per heavy atom. The molecule has 0 aromatic heterocycles. The Labute approximate surface area is 171 Å². The summed E-state index contributed by atoms with van der Waals surface area (Å²) in [6.07, 6.45) is -4.10. The number of ether oxygens (including phenoxy) is 2. The summed E-state index contributed by atoms with van der Waals surface area (Å²) in [6, 6.07) is 12.6. The smallest absolute Gasteiger partial charge is 0.479 e. The fourth-order valence-electron chi connectivity index (χ4n) is 2.12. The number of alkyl halides is 3. The molecule has 29 heavy (non-hydrogen) atoms. The standard InChI is InChI=1S/C21H19F3O4S/c1-15(20(25)26)27-17-10-12-19(13-11-17)29-14-4-2-3-5-16-6-8-18(9-7-16)28-21(22,23)24/h6-13,15H,2,4,14H2,1H3,(H,25,26). The Morgan fingerprint density at radius 2 is 1.72 bits per heavy atom. The molecular weight excluding hydrogens is 405 g/mol. The number of unbranched alkanes of at least 4 members (excludes halogenated alkanes) is 1. The van der Waals surface area contributed by atoms with Gasteiger partial charge in [-0.15, -0.1) is 24.9 Å². The van der Waals surface area contributed by atoms with Gasteiger partial charge in [0.05, 0.1) is 0 Å². The number of rotatable bonds is 8.